The Morgan fingerprint density at radius 3 is 2.89 bits per heavy atom. The molecule has 0 aliphatic rings. The molecule has 1 unspecified atom stereocenters. The minimum absolute atomic E-state index is 0.161. The van der Waals surface area contributed by atoms with Gasteiger partial charge in [0.2, 0.25) is 0 Å². The molecular formula is C12H17BrN4S. The third-order valence-electron chi connectivity index (χ3n) is 2.74. The number of halogens is 1. The van der Waals surface area contributed by atoms with Crippen LogP contribution in [0.25, 0.3) is 0 Å². The van der Waals surface area contributed by atoms with Gasteiger partial charge in [-0.1, -0.05) is 6.92 Å². The Morgan fingerprint density at radius 2 is 2.28 bits per heavy atom. The molecule has 6 heteroatoms. The predicted molar refractivity (Wildman–Crippen MR) is 77.9 cm³/mol. The molecule has 0 spiro atoms. The Labute approximate surface area is 120 Å². The summed E-state index contributed by atoms with van der Waals surface area (Å²) in [5.74, 6) is 0. The molecule has 0 aliphatic heterocycles. The summed E-state index contributed by atoms with van der Waals surface area (Å²) in [6.07, 6.45) is 4.89. The topological polar surface area (TPSA) is 42.7 Å². The van der Waals surface area contributed by atoms with Crippen molar-refractivity contribution in [2.75, 3.05) is 6.54 Å². The number of rotatable bonds is 6. The summed E-state index contributed by atoms with van der Waals surface area (Å²) in [5, 5.41) is 7.96. The molecule has 0 radical (unpaired) electrons. The second-order valence-electron chi connectivity index (χ2n) is 3.98. The second-order valence-corrected chi connectivity index (χ2v) is 5.76. The third-order valence-corrected chi connectivity index (χ3v) is 4.19. The lowest BCUT2D eigenvalue weighted by Gasteiger charge is -2.18. The maximum absolute atomic E-state index is 4.39. The SMILES string of the molecule is CCCNC(c1cncs1)c1c(Br)cnn1CC. The van der Waals surface area contributed by atoms with Crippen molar-refractivity contribution >= 4 is 27.3 Å². The van der Waals surface area contributed by atoms with Crippen LogP contribution in [0.4, 0.5) is 0 Å². The van der Waals surface area contributed by atoms with Crippen molar-refractivity contribution in [2.45, 2.75) is 32.9 Å². The van der Waals surface area contributed by atoms with Crippen LogP contribution in [-0.2, 0) is 6.54 Å². The standard InChI is InChI=1S/C12H17BrN4S/c1-3-5-15-11(10-7-14-8-18-10)12-9(13)6-16-17(12)4-2/h6-8,11,15H,3-5H2,1-2H3. The Hall–Kier alpha value is -0.720. The number of nitrogens with one attached hydrogen (secondary N) is 1. The van der Waals surface area contributed by atoms with E-state index in [-0.39, 0.29) is 6.04 Å². The van der Waals surface area contributed by atoms with Crippen molar-refractivity contribution in [3.63, 3.8) is 0 Å². The van der Waals surface area contributed by atoms with Crippen molar-refractivity contribution in [3.05, 3.63) is 32.9 Å². The van der Waals surface area contributed by atoms with Crippen molar-refractivity contribution < 1.29 is 0 Å². The molecule has 2 aromatic heterocycles. The maximum Gasteiger partial charge on any atom is 0.0869 e. The number of hydrogen-bond acceptors (Lipinski definition) is 4. The van der Waals surface area contributed by atoms with Gasteiger partial charge in [-0.05, 0) is 35.8 Å². The summed E-state index contributed by atoms with van der Waals surface area (Å²) >= 11 is 5.27. The van der Waals surface area contributed by atoms with Crippen LogP contribution in [0.5, 0.6) is 0 Å². The first-order valence-corrected chi connectivity index (χ1v) is 7.78. The van der Waals surface area contributed by atoms with Gasteiger partial charge in [-0.2, -0.15) is 5.10 Å². The van der Waals surface area contributed by atoms with E-state index in [1.54, 1.807) is 11.3 Å². The summed E-state index contributed by atoms with van der Waals surface area (Å²) in [7, 11) is 0. The maximum atomic E-state index is 4.39. The van der Waals surface area contributed by atoms with Gasteiger partial charge in [-0.15, -0.1) is 11.3 Å². The highest BCUT2D eigenvalue weighted by atomic mass is 79.9. The molecule has 4 nitrogen and oxygen atoms in total. The zero-order chi connectivity index (χ0) is 13.0. The summed E-state index contributed by atoms with van der Waals surface area (Å²) < 4.78 is 3.07. The highest BCUT2D eigenvalue weighted by Crippen LogP contribution is 2.30. The summed E-state index contributed by atoms with van der Waals surface area (Å²) in [4.78, 5) is 5.40. The van der Waals surface area contributed by atoms with E-state index < -0.39 is 0 Å². The zero-order valence-electron chi connectivity index (χ0n) is 10.6. The minimum atomic E-state index is 0.161. The van der Waals surface area contributed by atoms with E-state index in [1.165, 1.54) is 10.6 Å². The molecule has 0 amide bonds. The number of hydrogen-bond donors (Lipinski definition) is 1. The fourth-order valence-electron chi connectivity index (χ4n) is 1.90. The monoisotopic (exact) mass is 328 g/mol. The number of thiazole rings is 1. The van der Waals surface area contributed by atoms with E-state index in [1.807, 2.05) is 22.6 Å². The van der Waals surface area contributed by atoms with Crippen LogP contribution in [0.1, 0.15) is 36.9 Å². The molecule has 0 saturated carbocycles. The molecule has 1 N–H and O–H groups in total. The lowest BCUT2D eigenvalue weighted by Crippen LogP contribution is -2.25. The van der Waals surface area contributed by atoms with E-state index in [9.17, 15) is 0 Å². The Bertz CT molecular complexity index is 480. The molecule has 0 fully saturated rings. The Balaban J connectivity index is 2.36. The van der Waals surface area contributed by atoms with Crippen molar-refractivity contribution in [3.8, 4) is 0 Å². The summed E-state index contributed by atoms with van der Waals surface area (Å²) in [6.45, 7) is 6.11. The first-order chi connectivity index (χ1) is 8.77. The molecule has 2 heterocycles. The molecule has 2 aromatic rings. The van der Waals surface area contributed by atoms with Crippen LogP contribution >= 0.6 is 27.3 Å². The van der Waals surface area contributed by atoms with Crippen LogP contribution < -0.4 is 5.32 Å². The highest BCUT2D eigenvalue weighted by Gasteiger charge is 2.22. The van der Waals surface area contributed by atoms with Gasteiger partial charge in [0.25, 0.3) is 0 Å². The molecule has 0 aromatic carbocycles. The molecule has 0 bridgehead atoms. The summed E-state index contributed by atoms with van der Waals surface area (Å²) in [5.41, 5.74) is 3.05. The molecule has 2 rings (SSSR count). The second kappa shape index (κ2) is 6.45. The Morgan fingerprint density at radius 1 is 1.44 bits per heavy atom. The average molecular weight is 329 g/mol. The van der Waals surface area contributed by atoms with Gasteiger partial charge in [0.15, 0.2) is 0 Å². The number of aromatic nitrogens is 3. The Kier molecular flexibility index (Phi) is 4.91. The molecule has 18 heavy (non-hydrogen) atoms. The van der Waals surface area contributed by atoms with Crippen LogP contribution in [0.3, 0.4) is 0 Å². The first kappa shape index (κ1) is 13.7. The fourth-order valence-corrected chi connectivity index (χ4v) is 3.12. The van der Waals surface area contributed by atoms with Gasteiger partial charge in [-0.3, -0.25) is 9.67 Å². The van der Waals surface area contributed by atoms with Gasteiger partial charge in [0, 0.05) is 17.6 Å². The lowest BCUT2D eigenvalue weighted by atomic mass is 10.1. The quantitative estimate of drug-likeness (QED) is 0.885. The van der Waals surface area contributed by atoms with Gasteiger partial charge in [0.05, 0.1) is 27.9 Å². The van der Waals surface area contributed by atoms with Crippen LogP contribution in [0.15, 0.2) is 22.4 Å². The van der Waals surface area contributed by atoms with Gasteiger partial charge in [-0.25, -0.2) is 0 Å². The molecule has 98 valence electrons. The van der Waals surface area contributed by atoms with Crippen molar-refractivity contribution in [2.24, 2.45) is 0 Å². The van der Waals surface area contributed by atoms with E-state index in [0.29, 0.717) is 0 Å². The average Bonchev–Trinajstić information content (AvgIpc) is 3.01. The normalized spacial score (nSPS) is 12.8. The van der Waals surface area contributed by atoms with E-state index in [2.05, 4.69) is 45.2 Å². The van der Waals surface area contributed by atoms with Crippen LogP contribution in [0, 0.1) is 0 Å². The van der Waals surface area contributed by atoms with E-state index in [4.69, 9.17) is 0 Å². The highest BCUT2D eigenvalue weighted by molar-refractivity contribution is 9.10. The predicted octanol–water partition coefficient (Wildman–Crippen LogP) is 3.21. The fraction of sp³-hybridized carbons (Fsp3) is 0.500. The first-order valence-electron chi connectivity index (χ1n) is 6.10. The smallest absolute Gasteiger partial charge is 0.0869 e. The molecule has 1 atom stereocenters. The summed E-state index contributed by atoms with van der Waals surface area (Å²) in [6, 6.07) is 0.161. The minimum Gasteiger partial charge on any atom is -0.304 e. The molecule has 0 aliphatic carbocycles. The number of aryl methyl sites for hydroxylation is 1. The zero-order valence-corrected chi connectivity index (χ0v) is 13.0. The van der Waals surface area contributed by atoms with Crippen LogP contribution in [-0.4, -0.2) is 21.3 Å². The van der Waals surface area contributed by atoms with Gasteiger partial charge < -0.3 is 5.32 Å². The molecule has 0 saturated heterocycles. The van der Waals surface area contributed by atoms with Crippen molar-refractivity contribution in [1.29, 1.82) is 0 Å². The van der Waals surface area contributed by atoms with E-state index in [0.717, 1.165) is 24.0 Å². The molecular weight excluding hydrogens is 312 g/mol. The third kappa shape index (κ3) is 2.81. The van der Waals surface area contributed by atoms with Gasteiger partial charge >= 0.3 is 0 Å². The van der Waals surface area contributed by atoms with E-state index >= 15 is 0 Å². The van der Waals surface area contributed by atoms with Gasteiger partial charge in [0.1, 0.15) is 0 Å². The largest absolute Gasteiger partial charge is 0.304 e. The lowest BCUT2D eigenvalue weighted by molar-refractivity contribution is 0.532. The number of nitrogens with zero attached hydrogens (tertiary/aromatic N) is 3. The van der Waals surface area contributed by atoms with Crippen LogP contribution in [0.2, 0.25) is 0 Å². The van der Waals surface area contributed by atoms with Crippen molar-refractivity contribution in [1.82, 2.24) is 20.1 Å².